The number of carbonyl (C=O) groups excluding carboxylic acids is 1. The second-order valence-corrected chi connectivity index (χ2v) is 11.2. The summed E-state index contributed by atoms with van der Waals surface area (Å²) >= 11 is 0. The maximum absolute atomic E-state index is 13.4. The van der Waals surface area contributed by atoms with Crippen molar-refractivity contribution >= 4 is 34.1 Å². The molecule has 218 valence electrons. The standard InChI is InChI=1S/C32H33F3N6O/c1-20-8-11-22(19-26(20)32(33,34)35)40-31(42)25-7-4-15-37-28(25)21-9-12-24(13-10-21)41(23-5-2-3-6-23)30-29-27(14-16-39-30)36-17-18-38-29/h8-14,16-19,23,25,28,37H,2-7,15H2,1H3,(H,40,42)/t25-,28-/m0/s1. The van der Waals surface area contributed by atoms with Crippen LogP contribution >= 0.6 is 0 Å². The molecule has 4 aromatic rings. The molecule has 0 spiro atoms. The molecule has 2 aromatic carbocycles. The first kappa shape index (κ1) is 28.1. The van der Waals surface area contributed by atoms with Crippen LogP contribution in [0.5, 0.6) is 0 Å². The van der Waals surface area contributed by atoms with E-state index in [0.29, 0.717) is 12.5 Å². The van der Waals surface area contributed by atoms with Gasteiger partial charge in [0.1, 0.15) is 5.52 Å². The molecule has 1 aliphatic carbocycles. The lowest BCUT2D eigenvalue weighted by Gasteiger charge is -2.33. The van der Waals surface area contributed by atoms with Crippen LogP contribution < -0.4 is 15.5 Å². The number of nitrogens with one attached hydrogen (secondary N) is 2. The zero-order chi connectivity index (χ0) is 29.3. The molecule has 0 radical (unpaired) electrons. The van der Waals surface area contributed by atoms with Crippen LogP contribution in [0.2, 0.25) is 0 Å². The minimum atomic E-state index is -4.48. The Hall–Kier alpha value is -4.05. The highest BCUT2D eigenvalue weighted by atomic mass is 19.4. The van der Waals surface area contributed by atoms with Gasteiger partial charge in [-0.2, -0.15) is 13.2 Å². The molecule has 2 N–H and O–H groups in total. The van der Waals surface area contributed by atoms with Gasteiger partial charge in [0.05, 0.1) is 17.0 Å². The number of aromatic nitrogens is 3. The molecule has 2 fully saturated rings. The first-order valence-corrected chi connectivity index (χ1v) is 14.5. The number of aryl methyl sites for hydroxylation is 1. The van der Waals surface area contributed by atoms with E-state index in [1.54, 1.807) is 18.6 Å². The average Bonchev–Trinajstić information content (AvgIpc) is 3.53. The van der Waals surface area contributed by atoms with E-state index in [1.165, 1.54) is 19.1 Å². The van der Waals surface area contributed by atoms with E-state index in [0.717, 1.165) is 72.8 Å². The molecule has 0 unspecified atom stereocenters. The van der Waals surface area contributed by atoms with Gasteiger partial charge in [-0.3, -0.25) is 9.78 Å². The molecule has 2 aromatic heterocycles. The number of nitrogens with zero attached hydrogens (tertiary/aromatic N) is 4. The number of halogens is 3. The van der Waals surface area contributed by atoms with Crippen molar-refractivity contribution in [1.29, 1.82) is 0 Å². The summed E-state index contributed by atoms with van der Waals surface area (Å²) in [6.45, 7) is 2.17. The predicted molar refractivity (Wildman–Crippen MR) is 156 cm³/mol. The van der Waals surface area contributed by atoms with Crippen LogP contribution in [0.3, 0.4) is 0 Å². The van der Waals surface area contributed by atoms with E-state index in [1.807, 2.05) is 18.2 Å². The fourth-order valence-electron chi connectivity index (χ4n) is 6.33. The molecule has 1 saturated heterocycles. The molecule has 1 amide bonds. The highest BCUT2D eigenvalue weighted by Crippen LogP contribution is 2.39. The first-order valence-electron chi connectivity index (χ1n) is 14.5. The number of hydrogen-bond acceptors (Lipinski definition) is 6. The monoisotopic (exact) mass is 574 g/mol. The molecular formula is C32H33F3N6O. The second kappa shape index (κ2) is 11.7. The van der Waals surface area contributed by atoms with Gasteiger partial charge >= 0.3 is 6.18 Å². The summed E-state index contributed by atoms with van der Waals surface area (Å²) in [5, 5.41) is 6.22. The van der Waals surface area contributed by atoms with E-state index < -0.39 is 17.7 Å². The lowest BCUT2D eigenvalue weighted by molar-refractivity contribution is -0.138. The van der Waals surface area contributed by atoms with Gasteiger partial charge in [-0.25, -0.2) is 9.97 Å². The van der Waals surface area contributed by atoms with Crippen molar-refractivity contribution in [2.45, 2.75) is 63.7 Å². The zero-order valence-electron chi connectivity index (χ0n) is 23.4. The molecule has 3 heterocycles. The number of alkyl halides is 3. The van der Waals surface area contributed by atoms with Gasteiger partial charge in [0.2, 0.25) is 5.91 Å². The number of fused-ring (bicyclic) bond motifs is 1. The quantitative estimate of drug-likeness (QED) is 0.255. The largest absolute Gasteiger partial charge is 0.416 e. The first-order chi connectivity index (χ1) is 20.3. The normalized spacial score (nSPS) is 19.6. The summed E-state index contributed by atoms with van der Waals surface area (Å²) in [5.41, 5.74) is 3.02. The lowest BCUT2D eigenvalue weighted by Crippen LogP contribution is -2.40. The Kier molecular flexibility index (Phi) is 7.81. The van der Waals surface area contributed by atoms with Crippen molar-refractivity contribution in [3.05, 3.63) is 83.8 Å². The molecule has 0 bridgehead atoms. The van der Waals surface area contributed by atoms with Crippen LogP contribution in [0.25, 0.3) is 11.0 Å². The molecule has 2 atom stereocenters. The number of benzene rings is 2. The van der Waals surface area contributed by atoms with E-state index in [2.05, 4.69) is 37.6 Å². The number of pyridine rings is 1. The van der Waals surface area contributed by atoms with Crippen LogP contribution in [0.4, 0.5) is 30.4 Å². The molecular weight excluding hydrogens is 541 g/mol. The number of anilines is 3. The van der Waals surface area contributed by atoms with Gasteiger partial charge in [0, 0.05) is 42.0 Å². The van der Waals surface area contributed by atoms with Crippen molar-refractivity contribution in [3.63, 3.8) is 0 Å². The molecule has 1 aliphatic heterocycles. The predicted octanol–water partition coefficient (Wildman–Crippen LogP) is 7.11. The Bertz CT molecular complexity index is 1560. The van der Waals surface area contributed by atoms with Crippen LogP contribution in [-0.2, 0) is 11.0 Å². The Morgan fingerprint density at radius 1 is 0.929 bits per heavy atom. The third-order valence-corrected chi connectivity index (χ3v) is 8.42. The molecule has 10 heteroatoms. The van der Waals surface area contributed by atoms with E-state index in [-0.39, 0.29) is 23.2 Å². The lowest BCUT2D eigenvalue weighted by atomic mass is 9.85. The summed E-state index contributed by atoms with van der Waals surface area (Å²) in [4.78, 5) is 29.4. The van der Waals surface area contributed by atoms with Gasteiger partial charge < -0.3 is 15.5 Å². The molecule has 42 heavy (non-hydrogen) atoms. The number of amides is 1. The fraction of sp³-hybridized carbons (Fsp3) is 0.375. The Labute approximate surface area is 242 Å². The van der Waals surface area contributed by atoms with Crippen LogP contribution in [0, 0.1) is 12.8 Å². The third kappa shape index (κ3) is 5.68. The topological polar surface area (TPSA) is 83.0 Å². The van der Waals surface area contributed by atoms with Gasteiger partial charge in [0.25, 0.3) is 0 Å². The number of piperidine rings is 1. The second-order valence-electron chi connectivity index (χ2n) is 11.2. The van der Waals surface area contributed by atoms with Gasteiger partial charge in [-0.15, -0.1) is 0 Å². The maximum Gasteiger partial charge on any atom is 0.416 e. The minimum absolute atomic E-state index is 0.121. The van der Waals surface area contributed by atoms with Crippen molar-refractivity contribution in [2.75, 3.05) is 16.8 Å². The van der Waals surface area contributed by atoms with Crippen molar-refractivity contribution in [3.8, 4) is 0 Å². The SMILES string of the molecule is Cc1ccc(NC(=O)[C@H]2CCCN[C@H]2c2ccc(N(c3nccc4nccnc34)C3CCCC3)cc2)cc1C(F)(F)F. The van der Waals surface area contributed by atoms with Crippen molar-refractivity contribution < 1.29 is 18.0 Å². The Morgan fingerprint density at radius 3 is 2.45 bits per heavy atom. The number of rotatable bonds is 6. The Morgan fingerprint density at radius 2 is 1.69 bits per heavy atom. The van der Waals surface area contributed by atoms with Crippen LogP contribution in [-0.4, -0.2) is 33.4 Å². The van der Waals surface area contributed by atoms with Crippen LogP contribution in [0.1, 0.15) is 61.3 Å². The van der Waals surface area contributed by atoms with Gasteiger partial charge in [-0.05, 0) is 80.6 Å². The summed E-state index contributed by atoms with van der Waals surface area (Å²) in [6, 6.07) is 14.0. The minimum Gasteiger partial charge on any atom is -0.326 e. The zero-order valence-corrected chi connectivity index (χ0v) is 23.4. The average molecular weight is 575 g/mol. The van der Waals surface area contributed by atoms with E-state index in [9.17, 15) is 18.0 Å². The Balaban J connectivity index is 1.27. The highest BCUT2D eigenvalue weighted by Gasteiger charge is 2.35. The smallest absolute Gasteiger partial charge is 0.326 e. The van der Waals surface area contributed by atoms with Gasteiger partial charge in [0.15, 0.2) is 5.82 Å². The third-order valence-electron chi connectivity index (χ3n) is 8.42. The molecule has 6 rings (SSSR count). The van der Waals surface area contributed by atoms with Crippen LogP contribution in [0.15, 0.2) is 67.1 Å². The summed E-state index contributed by atoms with van der Waals surface area (Å²) in [5.74, 6) is 0.0603. The highest BCUT2D eigenvalue weighted by molar-refractivity contribution is 5.93. The summed E-state index contributed by atoms with van der Waals surface area (Å²) in [7, 11) is 0. The summed E-state index contributed by atoms with van der Waals surface area (Å²) in [6.07, 6.45) is 6.51. The van der Waals surface area contributed by atoms with E-state index >= 15 is 0 Å². The van der Waals surface area contributed by atoms with Crippen molar-refractivity contribution in [2.24, 2.45) is 5.92 Å². The van der Waals surface area contributed by atoms with Gasteiger partial charge in [-0.1, -0.05) is 31.0 Å². The maximum atomic E-state index is 13.4. The van der Waals surface area contributed by atoms with E-state index in [4.69, 9.17) is 4.98 Å². The number of hydrogen-bond donors (Lipinski definition) is 2. The fourth-order valence-corrected chi connectivity index (χ4v) is 6.33. The van der Waals surface area contributed by atoms with Crippen molar-refractivity contribution in [1.82, 2.24) is 20.3 Å². The molecule has 2 aliphatic rings. The molecule has 7 nitrogen and oxygen atoms in total. The molecule has 1 saturated carbocycles. The summed E-state index contributed by atoms with van der Waals surface area (Å²) < 4.78 is 40.3. The number of carbonyl (C=O) groups is 1.